The molecule has 0 unspecified atom stereocenters. The SMILES string of the molecule is Cc1ccc(C(=O)NCCN(c2ccccc2)S(C)(=O)=O)cc1C. The second-order valence-corrected chi connectivity index (χ2v) is 7.63. The minimum Gasteiger partial charge on any atom is -0.350 e. The van der Waals surface area contributed by atoms with E-state index < -0.39 is 10.0 Å². The molecule has 6 heteroatoms. The molecular formula is C18H22N2O3S. The first kappa shape index (κ1) is 18.0. The second kappa shape index (κ2) is 7.49. The van der Waals surface area contributed by atoms with Crippen LogP contribution >= 0.6 is 0 Å². The van der Waals surface area contributed by atoms with E-state index in [0.717, 1.165) is 17.4 Å². The molecule has 0 spiro atoms. The maximum absolute atomic E-state index is 12.2. The summed E-state index contributed by atoms with van der Waals surface area (Å²) < 4.78 is 25.2. The Morgan fingerprint density at radius 2 is 1.71 bits per heavy atom. The lowest BCUT2D eigenvalue weighted by molar-refractivity contribution is 0.0954. The highest BCUT2D eigenvalue weighted by Gasteiger charge is 2.17. The standard InChI is InChI=1S/C18H22N2O3S/c1-14-9-10-16(13-15(14)2)18(21)19-11-12-20(24(3,22)23)17-7-5-4-6-8-17/h4-10,13H,11-12H2,1-3H3,(H,19,21). The molecule has 0 saturated carbocycles. The summed E-state index contributed by atoms with van der Waals surface area (Å²) in [5, 5.41) is 2.77. The summed E-state index contributed by atoms with van der Waals surface area (Å²) in [4.78, 5) is 12.2. The molecule has 1 N–H and O–H groups in total. The van der Waals surface area contributed by atoms with Crippen LogP contribution in [0.25, 0.3) is 0 Å². The highest BCUT2D eigenvalue weighted by atomic mass is 32.2. The summed E-state index contributed by atoms with van der Waals surface area (Å²) in [6, 6.07) is 14.3. The summed E-state index contributed by atoms with van der Waals surface area (Å²) in [5.74, 6) is -0.209. The Hall–Kier alpha value is -2.34. The maximum Gasteiger partial charge on any atom is 0.251 e. The lowest BCUT2D eigenvalue weighted by atomic mass is 10.1. The van der Waals surface area contributed by atoms with Gasteiger partial charge in [-0.2, -0.15) is 0 Å². The first-order chi connectivity index (χ1) is 11.3. The number of para-hydroxylation sites is 1. The third-order valence-corrected chi connectivity index (χ3v) is 5.01. The molecule has 0 aliphatic carbocycles. The Kier molecular flexibility index (Phi) is 5.62. The van der Waals surface area contributed by atoms with E-state index >= 15 is 0 Å². The molecule has 24 heavy (non-hydrogen) atoms. The average Bonchev–Trinajstić information content (AvgIpc) is 2.53. The average molecular weight is 346 g/mol. The summed E-state index contributed by atoms with van der Waals surface area (Å²) >= 11 is 0. The minimum absolute atomic E-state index is 0.180. The lowest BCUT2D eigenvalue weighted by Crippen LogP contribution is -2.38. The fourth-order valence-electron chi connectivity index (χ4n) is 2.34. The van der Waals surface area contributed by atoms with Crippen molar-refractivity contribution in [2.45, 2.75) is 13.8 Å². The number of carbonyl (C=O) groups is 1. The summed E-state index contributed by atoms with van der Waals surface area (Å²) in [6.07, 6.45) is 1.16. The number of rotatable bonds is 6. The number of nitrogens with zero attached hydrogens (tertiary/aromatic N) is 1. The van der Waals surface area contributed by atoms with E-state index in [9.17, 15) is 13.2 Å². The first-order valence-electron chi connectivity index (χ1n) is 7.67. The molecule has 0 heterocycles. The monoisotopic (exact) mass is 346 g/mol. The highest BCUT2D eigenvalue weighted by Crippen LogP contribution is 2.16. The number of hydrogen-bond donors (Lipinski definition) is 1. The van der Waals surface area contributed by atoms with E-state index in [0.29, 0.717) is 11.3 Å². The zero-order valence-electron chi connectivity index (χ0n) is 14.1. The van der Waals surface area contributed by atoms with Gasteiger partial charge < -0.3 is 5.32 Å². The van der Waals surface area contributed by atoms with E-state index in [1.165, 1.54) is 4.31 Å². The number of amides is 1. The van der Waals surface area contributed by atoms with Crippen molar-refractivity contribution in [1.82, 2.24) is 5.32 Å². The number of aryl methyl sites for hydroxylation is 2. The van der Waals surface area contributed by atoms with Crippen molar-refractivity contribution in [3.63, 3.8) is 0 Å². The molecule has 2 aromatic rings. The highest BCUT2D eigenvalue weighted by molar-refractivity contribution is 7.92. The molecule has 0 aromatic heterocycles. The topological polar surface area (TPSA) is 66.5 Å². The van der Waals surface area contributed by atoms with Crippen LogP contribution in [0.2, 0.25) is 0 Å². The van der Waals surface area contributed by atoms with Crippen LogP contribution in [-0.2, 0) is 10.0 Å². The zero-order chi connectivity index (χ0) is 17.7. The molecule has 5 nitrogen and oxygen atoms in total. The van der Waals surface area contributed by atoms with Crippen LogP contribution in [0.5, 0.6) is 0 Å². The van der Waals surface area contributed by atoms with Gasteiger partial charge >= 0.3 is 0 Å². The number of hydrogen-bond acceptors (Lipinski definition) is 3. The van der Waals surface area contributed by atoms with Crippen LogP contribution in [0.3, 0.4) is 0 Å². The Morgan fingerprint density at radius 3 is 2.29 bits per heavy atom. The van der Waals surface area contributed by atoms with Gasteiger partial charge in [0.1, 0.15) is 0 Å². The molecule has 0 radical (unpaired) electrons. The van der Waals surface area contributed by atoms with Gasteiger partial charge in [-0.3, -0.25) is 9.10 Å². The van der Waals surface area contributed by atoms with Gasteiger partial charge in [0.25, 0.3) is 5.91 Å². The molecule has 0 aliphatic rings. The fraction of sp³-hybridized carbons (Fsp3) is 0.278. The summed E-state index contributed by atoms with van der Waals surface area (Å²) in [7, 11) is -3.41. The quantitative estimate of drug-likeness (QED) is 0.874. The number of anilines is 1. The molecule has 0 aliphatic heterocycles. The van der Waals surface area contributed by atoms with Crippen molar-refractivity contribution < 1.29 is 13.2 Å². The normalized spacial score (nSPS) is 11.1. The van der Waals surface area contributed by atoms with Crippen molar-refractivity contribution in [1.29, 1.82) is 0 Å². The molecule has 2 rings (SSSR count). The largest absolute Gasteiger partial charge is 0.350 e. The molecule has 0 fully saturated rings. The minimum atomic E-state index is -3.41. The van der Waals surface area contributed by atoms with Crippen molar-refractivity contribution in [3.8, 4) is 0 Å². The van der Waals surface area contributed by atoms with Crippen molar-refractivity contribution in [2.24, 2.45) is 0 Å². The second-order valence-electron chi connectivity index (χ2n) is 5.73. The molecule has 2 aromatic carbocycles. The zero-order valence-corrected chi connectivity index (χ0v) is 14.9. The molecule has 128 valence electrons. The van der Waals surface area contributed by atoms with E-state index in [4.69, 9.17) is 0 Å². The van der Waals surface area contributed by atoms with Gasteiger partial charge in [-0.15, -0.1) is 0 Å². The molecular weight excluding hydrogens is 324 g/mol. The smallest absolute Gasteiger partial charge is 0.251 e. The van der Waals surface area contributed by atoms with Gasteiger partial charge in [0.2, 0.25) is 10.0 Å². The van der Waals surface area contributed by atoms with Crippen LogP contribution < -0.4 is 9.62 Å². The molecule has 0 bridgehead atoms. The Balaban J connectivity index is 2.03. The van der Waals surface area contributed by atoms with Crippen LogP contribution in [0.4, 0.5) is 5.69 Å². The van der Waals surface area contributed by atoms with E-state index in [1.54, 1.807) is 30.3 Å². The van der Waals surface area contributed by atoms with Gasteiger partial charge in [0, 0.05) is 12.1 Å². The van der Waals surface area contributed by atoms with Gasteiger partial charge in [-0.25, -0.2) is 8.42 Å². The van der Waals surface area contributed by atoms with Crippen molar-refractivity contribution >= 4 is 21.6 Å². The van der Waals surface area contributed by atoms with Gasteiger partial charge in [-0.05, 0) is 49.2 Å². The Bertz CT molecular complexity index is 817. The third kappa shape index (κ3) is 4.58. The predicted molar refractivity (Wildman–Crippen MR) is 96.9 cm³/mol. The van der Waals surface area contributed by atoms with Crippen LogP contribution in [-0.4, -0.2) is 33.7 Å². The summed E-state index contributed by atoms with van der Waals surface area (Å²) in [6.45, 7) is 4.35. The first-order valence-corrected chi connectivity index (χ1v) is 9.52. The van der Waals surface area contributed by atoms with Gasteiger partial charge in [0.15, 0.2) is 0 Å². The number of nitrogens with one attached hydrogen (secondary N) is 1. The summed E-state index contributed by atoms with van der Waals surface area (Å²) in [5.41, 5.74) is 3.33. The third-order valence-electron chi connectivity index (χ3n) is 3.81. The van der Waals surface area contributed by atoms with Crippen LogP contribution in [0, 0.1) is 13.8 Å². The number of carbonyl (C=O) groups excluding carboxylic acids is 1. The molecule has 0 saturated heterocycles. The predicted octanol–water partition coefficient (Wildman–Crippen LogP) is 2.50. The molecule has 1 amide bonds. The Labute approximate surface area is 143 Å². The number of benzene rings is 2. The van der Waals surface area contributed by atoms with Crippen LogP contribution in [0.1, 0.15) is 21.5 Å². The van der Waals surface area contributed by atoms with Gasteiger partial charge in [0.05, 0.1) is 18.5 Å². The Morgan fingerprint density at radius 1 is 1.04 bits per heavy atom. The number of sulfonamides is 1. The molecule has 0 atom stereocenters. The van der Waals surface area contributed by atoms with E-state index in [1.807, 2.05) is 32.0 Å². The van der Waals surface area contributed by atoms with E-state index in [-0.39, 0.29) is 19.0 Å². The maximum atomic E-state index is 12.2. The lowest BCUT2D eigenvalue weighted by Gasteiger charge is -2.22. The van der Waals surface area contributed by atoms with E-state index in [2.05, 4.69) is 5.32 Å². The van der Waals surface area contributed by atoms with Crippen molar-refractivity contribution in [2.75, 3.05) is 23.7 Å². The van der Waals surface area contributed by atoms with Crippen molar-refractivity contribution in [3.05, 3.63) is 65.2 Å². The fourth-order valence-corrected chi connectivity index (χ4v) is 3.26. The van der Waals surface area contributed by atoms with Crippen LogP contribution in [0.15, 0.2) is 48.5 Å². The van der Waals surface area contributed by atoms with Gasteiger partial charge in [-0.1, -0.05) is 24.3 Å².